The third-order valence-corrected chi connectivity index (χ3v) is 8.74. The first-order valence-electron chi connectivity index (χ1n) is 15.4. The molecule has 2 amide bonds. The molecule has 1 atom stereocenters. The number of nitrogens with zero attached hydrogens (tertiary/aromatic N) is 2. The highest BCUT2D eigenvalue weighted by molar-refractivity contribution is 5.98. The second-order valence-corrected chi connectivity index (χ2v) is 12.0. The highest BCUT2D eigenvalue weighted by atomic mass is 16.5. The minimum atomic E-state index is -0.384. The van der Waals surface area contributed by atoms with Crippen molar-refractivity contribution in [2.45, 2.75) is 95.9 Å². The van der Waals surface area contributed by atoms with Crippen LogP contribution in [0.25, 0.3) is 11.1 Å². The Balaban J connectivity index is 1.38. The van der Waals surface area contributed by atoms with E-state index in [-0.39, 0.29) is 30.0 Å². The Hall–Kier alpha value is -2.90. The molecule has 7 nitrogen and oxygen atoms in total. The maximum absolute atomic E-state index is 13.3. The van der Waals surface area contributed by atoms with E-state index in [0.29, 0.717) is 19.1 Å². The van der Waals surface area contributed by atoms with Crippen LogP contribution in [0.4, 0.5) is 11.4 Å². The van der Waals surface area contributed by atoms with Crippen molar-refractivity contribution in [1.29, 1.82) is 0 Å². The van der Waals surface area contributed by atoms with E-state index >= 15 is 0 Å². The molecule has 2 saturated carbocycles. The number of carbonyl (C=O) groups excluding carboxylic acids is 2. The van der Waals surface area contributed by atoms with Crippen LogP contribution in [0.5, 0.6) is 0 Å². The van der Waals surface area contributed by atoms with Gasteiger partial charge in [0.05, 0.1) is 11.4 Å². The lowest BCUT2D eigenvalue weighted by atomic mass is 9.90. The molecule has 1 aliphatic heterocycles. The summed E-state index contributed by atoms with van der Waals surface area (Å²) in [4.78, 5) is 30.7. The average molecular weight is 547 g/mol. The number of nitrogens with two attached hydrogens (primary N) is 1. The first-order valence-corrected chi connectivity index (χ1v) is 15.4. The van der Waals surface area contributed by atoms with Gasteiger partial charge in [-0.25, -0.2) is 0 Å². The van der Waals surface area contributed by atoms with Crippen molar-refractivity contribution in [2.75, 3.05) is 30.4 Å². The number of unbranched alkanes of at least 4 members (excludes halogenated alkanes) is 1. The Labute approximate surface area is 239 Å². The zero-order chi connectivity index (χ0) is 28.1. The van der Waals surface area contributed by atoms with Crippen LogP contribution in [0.2, 0.25) is 0 Å². The summed E-state index contributed by atoms with van der Waals surface area (Å²) >= 11 is 0. The van der Waals surface area contributed by atoms with Crippen molar-refractivity contribution in [3.8, 4) is 11.1 Å². The van der Waals surface area contributed by atoms with Crippen LogP contribution < -0.4 is 16.0 Å². The molecule has 0 aromatic heterocycles. The monoisotopic (exact) mass is 546 g/mol. The van der Waals surface area contributed by atoms with Gasteiger partial charge in [-0.1, -0.05) is 37.6 Å². The summed E-state index contributed by atoms with van der Waals surface area (Å²) < 4.78 is 5.65. The van der Waals surface area contributed by atoms with Crippen molar-refractivity contribution in [1.82, 2.24) is 4.90 Å². The Kier molecular flexibility index (Phi) is 9.43. The molecule has 1 heterocycles. The van der Waals surface area contributed by atoms with E-state index in [4.69, 9.17) is 10.5 Å². The molecule has 2 aromatic carbocycles. The molecular formula is C33H46N4O3. The largest absolute Gasteiger partial charge is 0.373 e. The second-order valence-electron chi connectivity index (χ2n) is 12.0. The van der Waals surface area contributed by atoms with Gasteiger partial charge in [-0.2, -0.15) is 0 Å². The summed E-state index contributed by atoms with van der Waals surface area (Å²) in [5.74, 6) is 0.436. The minimum absolute atomic E-state index is 0.0741. The van der Waals surface area contributed by atoms with Crippen LogP contribution >= 0.6 is 0 Å². The topological polar surface area (TPSA) is 87.9 Å². The number of hydrogen-bond acceptors (Lipinski definition) is 5. The van der Waals surface area contributed by atoms with E-state index in [1.54, 1.807) is 0 Å². The van der Waals surface area contributed by atoms with Crippen LogP contribution in [-0.2, 0) is 20.9 Å². The summed E-state index contributed by atoms with van der Waals surface area (Å²) in [5.41, 5.74) is 11.3. The summed E-state index contributed by atoms with van der Waals surface area (Å²) in [6.07, 6.45) is 9.47. The van der Waals surface area contributed by atoms with Crippen molar-refractivity contribution in [3.63, 3.8) is 0 Å². The lowest BCUT2D eigenvalue weighted by Crippen LogP contribution is -2.44. The third kappa shape index (κ3) is 7.05. The fraction of sp³-hybridized carbons (Fsp3) is 0.576. The highest BCUT2D eigenvalue weighted by Crippen LogP contribution is 2.36. The normalized spacial score (nSPS) is 22.6. The number of rotatable bonds is 11. The van der Waals surface area contributed by atoms with Crippen LogP contribution in [0.3, 0.4) is 0 Å². The lowest BCUT2D eigenvalue weighted by Gasteiger charge is -2.36. The summed E-state index contributed by atoms with van der Waals surface area (Å²) in [7, 11) is 2.08. The van der Waals surface area contributed by atoms with Crippen LogP contribution in [0.1, 0.15) is 76.7 Å². The van der Waals surface area contributed by atoms with Crippen molar-refractivity contribution >= 4 is 23.2 Å². The molecule has 3 fully saturated rings. The molecule has 5 rings (SSSR count). The van der Waals surface area contributed by atoms with Crippen LogP contribution in [0.15, 0.2) is 42.5 Å². The molecule has 1 unspecified atom stereocenters. The van der Waals surface area contributed by atoms with E-state index in [1.807, 2.05) is 0 Å². The molecule has 2 aliphatic carbocycles. The average Bonchev–Trinajstić information content (AvgIpc) is 3.68. The second kappa shape index (κ2) is 13.2. The lowest BCUT2D eigenvalue weighted by molar-refractivity contribution is -0.136. The van der Waals surface area contributed by atoms with Gasteiger partial charge in [0.2, 0.25) is 5.91 Å². The number of carbonyl (C=O) groups is 2. The SMILES string of the molecule is CCCCN(C)c1ccc(-c2cccc(CN(C(=O)C3CC3)C3CCC(N)CC3)c2)cc1NC(=O)C1CCCO1. The molecule has 216 valence electrons. The van der Waals surface area contributed by atoms with E-state index in [0.717, 1.165) is 98.8 Å². The van der Waals surface area contributed by atoms with Gasteiger partial charge in [-0.15, -0.1) is 0 Å². The summed E-state index contributed by atoms with van der Waals surface area (Å²) in [5, 5.41) is 3.18. The van der Waals surface area contributed by atoms with Crippen LogP contribution in [-0.4, -0.2) is 55.1 Å². The molecule has 3 N–H and O–H groups in total. The fourth-order valence-electron chi connectivity index (χ4n) is 6.07. The Morgan fingerprint density at radius 3 is 2.48 bits per heavy atom. The molecule has 0 spiro atoms. The van der Waals surface area contributed by atoms with Crippen LogP contribution in [0, 0.1) is 5.92 Å². The molecule has 3 aliphatic rings. The van der Waals surface area contributed by atoms with Gasteiger partial charge in [0.1, 0.15) is 6.10 Å². The molecular weight excluding hydrogens is 500 g/mol. The van der Waals surface area contributed by atoms with Gasteiger partial charge in [-0.05, 0) is 92.7 Å². The predicted molar refractivity (Wildman–Crippen MR) is 161 cm³/mol. The minimum Gasteiger partial charge on any atom is -0.373 e. The van der Waals surface area contributed by atoms with Gasteiger partial charge >= 0.3 is 0 Å². The number of anilines is 2. The molecule has 40 heavy (non-hydrogen) atoms. The molecule has 2 aromatic rings. The van der Waals surface area contributed by atoms with Crippen molar-refractivity contribution < 1.29 is 14.3 Å². The molecule has 7 heteroatoms. The first kappa shape index (κ1) is 28.6. The van der Waals surface area contributed by atoms with E-state index in [9.17, 15) is 9.59 Å². The van der Waals surface area contributed by atoms with Crippen molar-refractivity contribution in [3.05, 3.63) is 48.0 Å². The Bertz CT molecular complexity index is 1170. The van der Waals surface area contributed by atoms with Gasteiger partial charge in [0, 0.05) is 44.7 Å². The van der Waals surface area contributed by atoms with Gasteiger partial charge in [0.25, 0.3) is 5.91 Å². The van der Waals surface area contributed by atoms with Gasteiger partial charge < -0.3 is 25.6 Å². The zero-order valence-electron chi connectivity index (χ0n) is 24.2. The zero-order valence-corrected chi connectivity index (χ0v) is 24.2. The Morgan fingerprint density at radius 2 is 1.77 bits per heavy atom. The number of nitrogens with one attached hydrogen (secondary N) is 1. The Morgan fingerprint density at radius 1 is 1.00 bits per heavy atom. The van der Waals surface area contributed by atoms with E-state index < -0.39 is 0 Å². The van der Waals surface area contributed by atoms with E-state index in [1.165, 1.54) is 0 Å². The summed E-state index contributed by atoms with van der Waals surface area (Å²) in [6, 6.07) is 15.4. The quantitative estimate of drug-likeness (QED) is 0.377. The summed E-state index contributed by atoms with van der Waals surface area (Å²) in [6.45, 7) is 4.38. The maximum atomic E-state index is 13.3. The molecule has 0 radical (unpaired) electrons. The van der Waals surface area contributed by atoms with E-state index in [2.05, 4.69) is 71.6 Å². The number of hydrogen-bond donors (Lipinski definition) is 2. The van der Waals surface area contributed by atoms with Gasteiger partial charge in [0.15, 0.2) is 0 Å². The standard InChI is InChI=1S/C33H46N4O3/c1-3-4-18-36(2)30-17-12-26(21-29(30)35-32(38)31-9-6-19-40-31)25-8-5-7-23(20-25)22-37(33(39)24-10-11-24)28-15-13-27(34)14-16-28/h5,7-8,12,17,20-21,24,27-28,31H,3-4,6,9-11,13-16,18-19,22,34H2,1-2H3,(H,35,38). The highest BCUT2D eigenvalue weighted by Gasteiger charge is 2.37. The van der Waals surface area contributed by atoms with Gasteiger partial charge in [-0.3, -0.25) is 9.59 Å². The predicted octanol–water partition coefficient (Wildman–Crippen LogP) is 5.72. The third-order valence-electron chi connectivity index (χ3n) is 8.74. The smallest absolute Gasteiger partial charge is 0.253 e. The molecule has 0 bridgehead atoms. The first-order chi connectivity index (χ1) is 19.4. The van der Waals surface area contributed by atoms with Crippen molar-refractivity contribution in [2.24, 2.45) is 11.7 Å². The fourth-order valence-corrected chi connectivity index (χ4v) is 6.07. The number of amides is 2. The number of benzene rings is 2. The number of ether oxygens (including phenoxy) is 1. The maximum Gasteiger partial charge on any atom is 0.253 e. The molecule has 1 saturated heterocycles.